The van der Waals surface area contributed by atoms with Gasteiger partial charge in [0.05, 0.1) is 35.9 Å². The van der Waals surface area contributed by atoms with Gasteiger partial charge >= 0.3 is 0 Å². The first-order valence-electron chi connectivity index (χ1n) is 31.6. The van der Waals surface area contributed by atoms with Crippen molar-refractivity contribution in [2.75, 3.05) is 0 Å². The molecule has 0 unspecified atom stereocenters. The summed E-state index contributed by atoms with van der Waals surface area (Å²) >= 11 is 0. The van der Waals surface area contributed by atoms with Crippen molar-refractivity contribution in [2.45, 2.75) is 26.2 Å². The van der Waals surface area contributed by atoms with Crippen LogP contribution in [0, 0.1) is 18.5 Å². The molecule has 0 spiro atoms. The zero-order valence-corrected chi connectivity index (χ0v) is 46.4. The van der Waals surface area contributed by atoms with Gasteiger partial charge in [0, 0.05) is 66.4 Å². The molecule has 2 aliphatic rings. The number of hydrogen-bond acceptors (Lipinski definition) is 4. The van der Waals surface area contributed by atoms with Crippen LogP contribution in [0.1, 0.15) is 40.0 Å². The van der Waals surface area contributed by atoms with Crippen LogP contribution in [-0.4, -0.2) is 25.4 Å². The molecule has 0 saturated heterocycles. The Kier molecular flexibility index (Phi) is 9.31. The minimum atomic E-state index is -0.582. The van der Waals surface area contributed by atoms with Crippen molar-refractivity contribution in [3.63, 3.8) is 0 Å². The largest absolute Gasteiger partial charge is 0.510 e. The summed E-state index contributed by atoms with van der Waals surface area (Å²) in [6.45, 7) is 6.33. The second-order valence-electron chi connectivity index (χ2n) is 21.1. The van der Waals surface area contributed by atoms with Gasteiger partial charge in [0.25, 0.3) is 13.0 Å². The number of aromatic nitrogens is 5. The topological polar surface area (TPSA) is 59.3 Å². The van der Waals surface area contributed by atoms with Crippen LogP contribution in [0.25, 0.3) is 88.9 Å². The van der Waals surface area contributed by atoms with E-state index in [0.717, 1.165) is 83.5 Å². The van der Waals surface area contributed by atoms with Crippen molar-refractivity contribution in [3.05, 3.63) is 261 Å². The smallest absolute Gasteiger partial charge is 0.281 e. The minimum Gasteiger partial charge on any atom is -0.510 e. The molecule has 2 aliphatic heterocycles. The minimum absolute atomic E-state index is 0. The molecule has 6 heterocycles. The summed E-state index contributed by atoms with van der Waals surface area (Å²) in [4.78, 5) is 5.01. The van der Waals surface area contributed by atoms with Crippen molar-refractivity contribution in [3.8, 4) is 79.6 Å². The van der Waals surface area contributed by atoms with E-state index in [-0.39, 0.29) is 61.1 Å². The first-order valence-corrected chi connectivity index (χ1v) is 26.6. The van der Waals surface area contributed by atoms with Crippen LogP contribution in [0.4, 0.5) is 0 Å². The number of ether oxygens (including phenoxy) is 3. The number of imidazole rings is 1. The van der Waals surface area contributed by atoms with E-state index in [1.807, 2.05) is 97.2 Å². The molecule has 0 bridgehead atoms. The van der Waals surface area contributed by atoms with E-state index in [4.69, 9.17) is 32.9 Å². The maximum Gasteiger partial charge on any atom is 0.281 e. The number of rotatable bonds is 8. The number of pyridine rings is 1. The van der Waals surface area contributed by atoms with Gasteiger partial charge in [0.15, 0.2) is 0 Å². The number of hydrogen-bond donors (Lipinski definition) is 0. The maximum absolute atomic E-state index is 9.12. The van der Waals surface area contributed by atoms with Crippen molar-refractivity contribution < 1.29 is 53.6 Å². The van der Waals surface area contributed by atoms with Gasteiger partial charge in [-0.1, -0.05) is 166 Å². The Bertz CT molecular complexity index is 5360. The van der Waals surface area contributed by atoms with Gasteiger partial charge in [-0.05, 0) is 110 Å². The molecule has 4 aromatic heterocycles. The molecule has 16 rings (SSSR count). The SMILES string of the molecule is [2H]c1c([2H])c([2H])c(-c2cccc(-c3c([2H])c([2H])c([2H])c([2H])c3[2H])c2-[n+]2[c-]n(-c3[c-]c(Oc4[c-]c5c(cc4)c4cc(-n6c7c(c8ccccc86)Oc6cccc8c6B7c6ccccc6O8)ccc4n5-c4cc(C(C)(C)C)ccn4)ccc3)c3ccccc32)c([2H])c1[2H].[Pt]. The zero-order valence-electron chi connectivity index (χ0n) is 54.1. The summed E-state index contributed by atoms with van der Waals surface area (Å²) in [5.41, 5.74) is 9.16. The van der Waals surface area contributed by atoms with E-state index in [0.29, 0.717) is 34.0 Å². The van der Waals surface area contributed by atoms with E-state index in [2.05, 4.69) is 103 Å². The summed E-state index contributed by atoms with van der Waals surface area (Å²) in [7, 11) is 0. The number of nitrogens with zero attached hydrogens (tertiary/aromatic N) is 5. The van der Waals surface area contributed by atoms with Crippen LogP contribution in [-0.2, 0) is 26.5 Å². The second-order valence-corrected chi connectivity index (χ2v) is 21.1. The Morgan fingerprint density at radius 2 is 1.26 bits per heavy atom. The summed E-state index contributed by atoms with van der Waals surface area (Å²) in [5, 5.41) is 2.84. The molecule has 0 aliphatic carbocycles. The van der Waals surface area contributed by atoms with E-state index in [9.17, 15) is 0 Å². The van der Waals surface area contributed by atoms with Gasteiger partial charge in [-0.2, -0.15) is 18.2 Å². The number of benzene rings is 10. The first kappa shape index (κ1) is 39.6. The monoisotopic (exact) mass is 1250 g/mol. The van der Waals surface area contributed by atoms with Gasteiger partial charge in [-0.3, -0.25) is 4.57 Å². The third-order valence-electron chi connectivity index (χ3n) is 15.4. The molecule has 0 amide bonds. The molecule has 0 N–H and O–H groups in total. The van der Waals surface area contributed by atoms with Crippen LogP contribution in [0.2, 0.25) is 0 Å². The molecule has 10 heteroatoms. The fourth-order valence-corrected chi connectivity index (χ4v) is 11.8. The van der Waals surface area contributed by atoms with Gasteiger partial charge in [-0.15, -0.1) is 29.7 Å². The van der Waals surface area contributed by atoms with Crippen LogP contribution < -0.4 is 35.3 Å². The van der Waals surface area contributed by atoms with E-state index >= 15 is 0 Å². The number of para-hydroxylation sites is 5. The maximum atomic E-state index is 9.12. The molecule has 394 valence electrons. The average molecular weight is 1250 g/mol. The van der Waals surface area contributed by atoms with Gasteiger partial charge in [-0.25, -0.2) is 4.98 Å². The van der Waals surface area contributed by atoms with E-state index < -0.39 is 60.4 Å². The Morgan fingerprint density at radius 1 is 0.585 bits per heavy atom. The molecular weight excluding hydrogens is 1190 g/mol. The normalized spacial score (nSPS) is 14.1. The molecule has 0 radical (unpaired) electrons. The molecule has 82 heavy (non-hydrogen) atoms. The molecule has 10 aromatic carbocycles. The summed E-state index contributed by atoms with van der Waals surface area (Å²) in [6.07, 6.45) is 5.28. The predicted molar refractivity (Wildman–Crippen MR) is 324 cm³/mol. The average Bonchev–Trinajstić information content (AvgIpc) is 1.49. The van der Waals surface area contributed by atoms with Crippen molar-refractivity contribution >= 4 is 67.0 Å². The Morgan fingerprint density at radius 3 is 2.05 bits per heavy atom. The summed E-state index contributed by atoms with van der Waals surface area (Å²) < 4.78 is 116. The summed E-state index contributed by atoms with van der Waals surface area (Å²) in [5.74, 6) is 4.54. The molecule has 0 fully saturated rings. The van der Waals surface area contributed by atoms with Crippen molar-refractivity contribution in [2.24, 2.45) is 0 Å². The second kappa shape index (κ2) is 19.3. The zero-order chi connectivity index (χ0) is 62.6. The van der Waals surface area contributed by atoms with Crippen molar-refractivity contribution in [1.82, 2.24) is 18.7 Å². The van der Waals surface area contributed by atoms with Crippen LogP contribution >= 0.6 is 0 Å². The third-order valence-corrected chi connectivity index (χ3v) is 15.4. The predicted octanol–water partition coefficient (Wildman–Crippen LogP) is 14.9. The standard InChI is InChI=1S/C72H48BN5O3.Pt/c1-72(2,3)48-39-40-74-67(41-48)78-60-38-35-50(77-59-29-12-10-25-56(59)70-71(77)73-58-28-11-15-32-64(58)80-65-33-18-34-66(81-70)68(65)73)43-57(60)55-37-36-52(44-63(55)78)79-51-24-16-23-49(42-51)75-45-76(62-31-14-13-30-61(62)75)69-53(46-19-6-4-7-20-46)26-17-27-54(69)47-21-8-5-9-22-47;/h4-41,43H,1-3H3;/q-2;/i4D,5D,6D,7D,8D,9D,19D,20D,21D,22D;. The fourth-order valence-electron chi connectivity index (χ4n) is 11.8. The van der Waals surface area contributed by atoms with Crippen molar-refractivity contribution in [1.29, 1.82) is 0 Å². The summed E-state index contributed by atoms with van der Waals surface area (Å²) in [6, 6.07) is 56.4. The quantitative estimate of drug-likeness (QED) is 0.0864. The molecule has 0 saturated carbocycles. The van der Waals surface area contributed by atoms with Gasteiger partial charge < -0.3 is 27.9 Å². The first-order chi connectivity index (χ1) is 43.9. The van der Waals surface area contributed by atoms with Crippen LogP contribution in [0.3, 0.4) is 0 Å². The third kappa shape index (κ3) is 7.86. The Hall–Kier alpha value is -9.69. The van der Waals surface area contributed by atoms with E-state index in [1.165, 1.54) is 0 Å². The fraction of sp³-hybridized carbons (Fsp3) is 0.0556. The molecular formula is C72H48BN5O3Pt-2. The van der Waals surface area contributed by atoms with E-state index in [1.54, 1.807) is 33.4 Å². The Balaban J connectivity index is 0.00000702. The van der Waals surface area contributed by atoms with Gasteiger partial charge in [0.1, 0.15) is 28.8 Å². The molecule has 8 nitrogen and oxygen atoms in total. The van der Waals surface area contributed by atoms with Crippen LogP contribution in [0.15, 0.2) is 236 Å². The van der Waals surface area contributed by atoms with Crippen LogP contribution in [0.5, 0.6) is 34.5 Å². The molecule has 0 atom stereocenters. The molecule has 14 aromatic rings. The van der Waals surface area contributed by atoms with Gasteiger partial charge in [0.2, 0.25) is 0 Å². The Labute approximate surface area is 503 Å². The number of fused-ring (bicyclic) bond motifs is 10.